The van der Waals surface area contributed by atoms with E-state index in [1.807, 2.05) is 50.2 Å². The standard InChI is InChI=1S/C15H13Br2NO/c1-9-6-7-13(17)11(8-9)15(19)18-14-5-3-4-12(16)10(14)2/h3-8H,1-2H3,(H,18,19). The van der Waals surface area contributed by atoms with Crippen LogP contribution in [0.4, 0.5) is 5.69 Å². The van der Waals surface area contributed by atoms with E-state index in [0.717, 1.165) is 25.8 Å². The van der Waals surface area contributed by atoms with E-state index in [9.17, 15) is 4.79 Å². The number of nitrogens with one attached hydrogen (secondary N) is 1. The fourth-order valence-electron chi connectivity index (χ4n) is 1.75. The van der Waals surface area contributed by atoms with Gasteiger partial charge in [0.1, 0.15) is 0 Å². The molecule has 0 aliphatic rings. The summed E-state index contributed by atoms with van der Waals surface area (Å²) in [5.41, 5.74) is 3.52. The van der Waals surface area contributed by atoms with Gasteiger partial charge in [-0.1, -0.05) is 33.6 Å². The van der Waals surface area contributed by atoms with Gasteiger partial charge in [-0.2, -0.15) is 0 Å². The van der Waals surface area contributed by atoms with Gasteiger partial charge in [-0.25, -0.2) is 0 Å². The smallest absolute Gasteiger partial charge is 0.256 e. The van der Waals surface area contributed by atoms with E-state index in [0.29, 0.717) is 5.56 Å². The number of carbonyl (C=O) groups is 1. The Hall–Kier alpha value is -1.13. The van der Waals surface area contributed by atoms with Gasteiger partial charge in [0.2, 0.25) is 0 Å². The molecule has 0 saturated heterocycles. The van der Waals surface area contributed by atoms with E-state index in [2.05, 4.69) is 37.2 Å². The molecule has 0 aliphatic heterocycles. The lowest BCUT2D eigenvalue weighted by Crippen LogP contribution is -2.13. The Balaban J connectivity index is 2.31. The van der Waals surface area contributed by atoms with Gasteiger partial charge in [-0.15, -0.1) is 0 Å². The van der Waals surface area contributed by atoms with E-state index in [-0.39, 0.29) is 5.91 Å². The van der Waals surface area contributed by atoms with Gasteiger partial charge in [0.15, 0.2) is 0 Å². The molecule has 1 N–H and O–H groups in total. The third-order valence-corrected chi connectivity index (χ3v) is 4.43. The summed E-state index contributed by atoms with van der Waals surface area (Å²) in [6, 6.07) is 11.5. The highest BCUT2D eigenvalue weighted by Crippen LogP contribution is 2.25. The molecule has 0 aliphatic carbocycles. The van der Waals surface area contributed by atoms with Gasteiger partial charge >= 0.3 is 0 Å². The Labute approximate surface area is 129 Å². The summed E-state index contributed by atoms with van der Waals surface area (Å²) in [5, 5.41) is 2.94. The minimum Gasteiger partial charge on any atom is -0.322 e. The topological polar surface area (TPSA) is 29.1 Å². The van der Waals surface area contributed by atoms with Crippen LogP contribution in [0.5, 0.6) is 0 Å². The number of hydrogen-bond acceptors (Lipinski definition) is 1. The van der Waals surface area contributed by atoms with Crippen molar-refractivity contribution >= 4 is 43.5 Å². The van der Waals surface area contributed by atoms with Gasteiger partial charge in [0, 0.05) is 14.6 Å². The molecule has 0 radical (unpaired) electrons. The van der Waals surface area contributed by atoms with E-state index in [1.54, 1.807) is 0 Å². The molecule has 2 rings (SSSR count). The SMILES string of the molecule is Cc1ccc(Br)c(C(=O)Nc2cccc(Br)c2C)c1. The molecule has 2 nitrogen and oxygen atoms in total. The second kappa shape index (κ2) is 5.88. The summed E-state index contributed by atoms with van der Waals surface area (Å²) >= 11 is 6.87. The van der Waals surface area contributed by atoms with E-state index in [4.69, 9.17) is 0 Å². The maximum Gasteiger partial charge on any atom is 0.256 e. The number of benzene rings is 2. The first-order valence-corrected chi connectivity index (χ1v) is 7.40. The summed E-state index contributed by atoms with van der Waals surface area (Å²) < 4.78 is 1.77. The quantitative estimate of drug-likeness (QED) is 0.770. The van der Waals surface area contributed by atoms with Gasteiger partial charge in [0.25, 0.3) is 5.91 Å². The van der Waals surface area contributed by atoms with Gasteiger partial charge in [-0.05, 0) is 59.6 Å². The molecular weight excluding hydrogens is 370 g/mol. The predicted octanol–water partition coefficient (Wildman–Crippen LogP) is 5.08. The molecule has 0 heterocycles. The number of carbonyl (C=O) groups excluding carboxylic acids is 1. The van der Waals surface area contributed by atoms with Crippen molar-refractivity contribution < 1.29 is 4.79 Å². The lowest BCUT2D eigenvalue weighted by Gasteiger charge is -2.11. The molecule has 0 aromatic heterocycles. The Bertz CT molecular complexity index is 638. The highest BCUT2D eigenvalue weighted by Gasteiger charge is 2.12. The molecular formula is C15H13Br2NO. The lowest BCUT2D eigenvalue weighted by atomic mass is 10.1. The van der Waals surface area contributed by atoms with Gasteiger partial charge in [0.05, 0.1) is 5.56 Å². The Morgan fingerprint density at radius 3 is 2.53 bits per heavy atom. The zero-order valence-corrected chi connectivity index (χ0v) is 13.8. The monoisotopic (exact) mass is 381 g/mol. The van der Waals surface area contributed by atoms with Crippen LogP contribution in [0.25, 0.3) is 0 Å². The highest BCUT2D eigenvalue weighted by molar-refractivity contribution is 9.10. The van der Waals surface area contributed by atoms with Crippen molar-refractivity contribution in [2.24, 2.45) is 0 Å². The van der Waals surface area contributed by atoms with E-state index < -0.39 is 0 Å². The van der Waals surface area contributed by atoms with Crippen molar-refractivity contribution in [1.82, 2.24) is 0 Å². The van der Waals surface area contributed by atoms with Crippen molar-refractivity contribution in [3.8, 4) is 0 Å². The van der Waals surface area contributed by atoms with Crippen LogP contribution in [-0.2, 0) is 0 Å². The Kier molecular flexibility index (Phi) is 4.42. The summed E-state index contributed by atoms with van der Waals surface area (Å²) in [4.78, 5) is 12.3. The summed E-state index contributed by atoms with van der Waals surface area (Å²) in [5.74, 6) is -0.114. The van der Waals surface area contributed by atoms with Crippen molar-refractivity contribution in [3.63, 3.8) is 0 Å². The summed E-state index contributed by atoms with van der Waals surface area (Å²) in [6.45, 7) is 3.93. The first-order chi connectivity index (χ1) is 8.99. The molecule has 0 atom stereocenters. The van der Waals surface area contributed by atoms with Gasteiger partial charge in [-0.3, -0.25) is 4.79 Å². The predicted molar refractivity (Wildman–Crippen MR) is 85.7 cm³/mol. The van der Waals surface area contributed by atoms with Crippen LogP contribution in [0.2, 0.25) is 0 Å². The van der Waals surface area contributed by atoms with Crippen LogP contribution in [0.15, 0.2) is 45.3 Å². The highest BCUT2D eigenvalue weighted by atomic mass is 79.9. The van der Waals surface area contributed by atoms with Crippen molar-refractivity contribution in [1.29, 1.82) is 0 Å². The molecule has 0 unspecified atom stereocenters. The van der Waals surface area contributed by atoms with Crippen LogP contribution in [0, 0.1) is 13.8 Å². The minimum absolute atomic E-state index is 0.114. The lowest BCUT2D eigenvalue weighted by molar-refractivity contribution is 0.102. The van der Waals surface area contributed by atoms with E-state index in [1.165, 1.54) is 0 Å². The molecule has 19 heavy (non-hydrogen) atoms. The number of amides is 1. The van der Waals surface area contributed by atoms with Crippen LogP contribution in [-0.4, -0.2) is 5.91 Å². The van der Waals surface area contributed by atoms with Gasteiger partial charge < -0.3 is 5.32 Å². The fourth-order valence-corrected chi connectivity index (χ4v) is 2.54. The largest absolute Gasteiger partial charge is 0.322 e. The van der Waals surface area contributed by atoms with Crippen LogP contribution < -0.4 is 5.32 Å². The number of anilines is 1. The summed E-state index contributed by atoms with van der Waals surface area (Å²) in [7, 11) is 0. The molecule has 2 aromatic carbocycles. The molecule has 0 saturated carbocycles. The van der Waals surface area contributed by atoms with Crippen LogP contribution >= 0.6 is 31.9 Å². The molecule has 0 bridgehead atoms. The molecule has 2 aromatic rings. The molecule has 4 heteroatoms. The Morgan fingerprint density at radius 1 is 1.05 bits per heavy atom. The number of rotatable bonds is 2. The second-order valence-corrected chi connectivity index (χ2v) is 6.06. The normalized spacial score (nSPS) is 10.3. The van der Waals surface area contributed by atoms with Crippen LogP contribution in [0.1, 0.15) is 21.5 Å². The first-order valence-electron chi connectivity index (χ1n) is 5.81. The van der Waals surface area contributed by atoms with Crippen molar-refractivity contribution in [2.45, 2.75) is 13.8 Å². The average Bonchev–Trinajstić information content (AvgIpc) is 2.38. The number of halogens is 2. The third-order valence-electron chi connectivity index (χ3n) is 2.88. The maximum absolute atomic E-state index is 12.3. The second-order valence-electron chi connectivity index (χ2n) is 4.35. The Morgan fingerprint density at radius 2 is 1.79 bits per heavy atom. The third kappa shape index (κ3) is 3.25. The molecule has 0 fully saturated rings. The van der Waals surface area contributed by atoms with Crippen LogP contribution in [0.3, 0.4) is 0 Å². The number of hydrogen-bond donors (Lipinski definition) is 1. The molecule has 1 amide bonds. The number of aryl methyl sites for hydroxylation is 1. The van der Waals surface area contributed by atoms with Crippen molar-refractivity contribution in [3.05, 3.63) is 62.0 Å². The molecule has 0 spiro atoms. The maximum atomic E-state index is 12.3. The molecule has 98 valence electrons. The van der Waals surface area contributed by atoms with Crippen molar-refractivity contribution in [2.75, 3.05) is 5.32 Å². The zero-order chi connectivity index (χ0) is 14.0. The van der Waals surface area contributed by atoms with E-state index >= 15 is 0 Å². The average molecular weight is 383 g/mol. The summed E-state index contributed by atoms with van der Waals surface area (Å²) in [6.07, 6.45) is 0. The fraction of sp³-hybridized carbons (Fsp3) is 0.133. The minimum atomic E-state index is -0.114. The first kappa shape index (κ1) is 14.3. The zero-order valence-electron chi connectivity index (χ0n) is 10.6.